The van der Waals surface area contributed by atoms with Crippen molar-refractivity contribution < 1.29 is 9.47 Å². The Hall–Kier alpha value is -0.610. The Morgan fingerprint density at radius 1 is 1.27 bits per heavy atom. The van der Waals surface area contributed by atoms with Gasteiger partial charge >= 0.3 is 0 Å². The van der Waals surface area contributed by atoms with Gasteiger partial charge < -0.3 is 14.5 Å². The summed E-state index contributed by atoms with van der Waals surface area (Å²) in [7, 11) is 6.88. The first-order valence-electron chi connectivity index (χ1n) is 3.39. The van der Waals surface area contributed by atoms with Crippen LogP contribution in [-0.4, -0.2) is 45.3 Å². The lowest BCUT2D eigenvalue weighted by atomic mass is 10.4. The summed E-state index contributed by atoms with van der Waals surface area (Å²) in [5.74, 6) is 0. The van der Waals surface area contributed by atoms with Crippen molar-refractivity contribution in [1.82, 2.24) is 5.01 Å². The van der Waals surface area contributed by atoms with Gasteiger partial charge in [-0.3, -0.25) is 0 Å². The number of hydrazone groups is 1. The molecule has 11 heavy (non-hydrogen) atoms. The summed E-state index contributed by atoms with van der Waals surface area (Å²) in [6.45, 7) is 1.86. The molecule has 0 heterocycles. The van der Waals surface area contributed by atoms with Crippen molar-refractivity contribution >= 4 is 5.71 Å². The maximum Gasteiger partial charge on any atom is 0.198 e. The van der Waals surface area contributed by atoms with Crippen molar-refractivity contribution in [3.63, 3.8) is 0 Å². The first-order chi connectivity index (χ1) is 5.11. The van der Waals surface area contributed by atoms with E-state index < -0.39 is 0 Å². The van der Waals surface area contributed by atoms with Gasteiger partial charge in [-0.1, -0.05) is 0 Å². The molecule has 4 heteroatoms. The molecule has 0 spiro atoms. The number of hydrogen-bond acceptors (Lipinski definition) is 4. The van der Waals surface area contributed by atoms with Gasteiger partial charge in [-0.05, 0) is 6.92 Å². The lowest BCUT2D eigenvalue weighted by Crippen LogP contribution is -2.24. The average molecular weight is 160 g/mol. The molecule has 0 atom stereocenters. The fourth-order valence-electron chi connectivity index (χ4n) is 0.800. The monoisotopic (exact) mass is 160 g/mol. The molecule has 0 aromatic carbocycles. The summed E-state index contributed by atoms with van der Waals surface area (Å²) in [6, 6.07) is 0. The van der Waals surface area contributed by atoms with Gasteiger partial charge in [0.2, 0.25) is 0 Å². The predicted molar refractivity (Wildman–Crippen MR) is 44.6 cm³/mol. The first-order valence-corrected chi connectivity index (χ1v) is 3.39. The van der Waals surface area contributed by atoms with Crippen LogP contribution >= 0.6 is 0 Å². The van der Waals surface area contributed by atoms with Crippen LogP contribution in [0.3, 0.4) is 0 Å². The van der Waals surface area contributed by atoms with Crippen LogP contribution in [-0.2, 0) is 9.47 Å². The highest BCUT2D eigenvalue weighted by Gasteiger charge is 2.08. The molecule has 0 rings (SSSR count). The van der Waals surface area contributed by atoms with E-state index in [9.17, 15) is 0 Å². The maximum atomic E-state index is 4.98. The van der Waals surface area contributed by atoms with Crippen molar-refractivity contribution in [3.8, 4) is 0 Å². The summed E-state index contributed by atoms with van der Waals surface area (Å²) in [5.41, 5.74) is 0.806. The Labute approximate surface area is 67.8 Å². The molecule has 0 saturated heterocycles. The molecule has 0 aromatic rings. The van der Waals surface area contributed by atoms with E-state index in [0.29, 0.717) is 0 Å². The second kappa shape index (κ2) is 5.09. The Morgan fingerprint density at radius 3 is 2.00 bits per heavy atom. The van der Waals surface area contributed by atoms with Crippen LogP contribution in [0.2, 0.25) is 0 Å². The highest BCUT2D eigenvalue weighted by molar-refractivity contribution is 5.84. The largest absolute Gasteiger partial charge is 0.351 e. The zero-order chi connectivity index (χ0) is 8.85. The molecule has 0 aliphatic rings. The first kappa shape index (κ1) is 10.4. The summed E-state index contributed by atoms with van der Waals surface area (Å²) >= 11 is 0. The predicted octanol–water partition coefficient (Wildman–Crippen LogP) is 0.543. The fourth-order valence-corrected chi connectivity index (χ4v) is 0.800. The smallest absolute Gasteiger partial charge is 0.198 e. The second-order valence-corrected chi connectivity index (χ2v) is 2.39. The summed E-state index contributed by atoms with van der Waals surface area (Å²) < 4.78 is 9.96. The summed E-state index contributed by atoms with van der Waals surface area (Å²) in [6.07, 6.45) is -0.336. The zero-order valence-electron chi connectivity index (χ0n) is 7.79. The minimum atomic E-state index is -0.336. The number of hydrogen-bond donors (Lipinski definition) is 0. The molecule has 0 fully saturated rings. The van der Waals surface area contributed by atoms with Gasteiger partial charge in [0, 0.05) is 28.3 Å². The second-order valence-electron chi connectivity index (χ2n) is 2.39. The number of nitrogens with zero attached hydrogens (tertiary/aromatic N) is 2. The summed E-state index contributed by atoms with van der Waals surface area (Å²) in [5, 5.41) is 5.83. The Kier molecular flexibility index (Phi) is 4.81. The van der Waals surface area contributed by atoms with E-state index in [1.807, 2.05) is 21.0 Å². The highest BCUT2D eigenvalue weighted by Crippen LogP contribution is 1.95. The van der Waals surface area contributed by atoms with Gasteiger partial charge in [0.15, 0.2) is 6.29 Å². The lowest BCUT2D eigenvalue weighted by Gasteiger charge is -2.14. The molecular weight excluding hydrogens is 144 g/mol. The van der Waals surface area contributed by atoms with Crippen LogP contribution in [0.15, 0.2) is 5.10 Å². The molecule has 0 radical (unpaired) electrons. The zero-order valence-corrected chi connectivity index (χ0v) is 7.79. The van der Waals surface area contributed by atoms with E-state index in [-0.39, 0.29) is 6.29 Å². The van der Waals surface area contributed by atoms with Crippen LogP contribution in [0, 0.1) is 0 Å². The topological polar surface area (TPSA) is 34.1 Å². The van der Waals surface area contributed by atoms with Crippen molar-refractivity contribution in [2.45, 2.75) is 13.2 Å². The molecule has 0 aromatic heterocycles. The molecule has 66 valence electrons. The molecule has 0 amide bonds. The number of methoxy groups -OCH3 is 2. The molecule has 0 saturated carbocycles. The average Bonchev–Trinajstić information content (AvgIpc) is 1.88. The third-order valence-corrected chi connectivity index (χ3v) is 1.13. The van der Waals surface area contributed by atoms with E-state index in [2.05, 4.69) is 5.10 Å². The van der Waals surface area contributed by atoms with E-state index >= 15 is 0 Å². The van der Waals surface area contributed by atoms with Crippen molar-refractivity contribution in [2.75, 3.05) is 28.3 Å². The number of ether oxygens (including phenoxy) is 2. The van der Waals surface area contributed by atoms with E-state index in [1.54, 1.807) is 19.2 Å². The third-order valence-electron chi connectivity index (χ3n) is 1.13. The highest BCUT2D eigenvalue weighted by atomic mass is 16.7. The van der Waals surface area contributed by atoms with Crippen LogP contribution in [0.25, 0.3) is 0 Å². The molecule has 0 bridgehead atoms. The SMILES string of the molecule is COC(OC)/C(C)=N/N(C)C. The normalized spacial score (nSPS) is 12.4. The van der Waals surface area contributed by atoms with Crippen LogP contribution < -0.4 is 0 Å². The fraction of sp³-hybridized carbons (Fsp3) is 0.857. The van der Waals surface area contributed by atoms with Crippen molar-refractivity contribution in [2.24, 2.45) is 5.10 Å². The van der Waals surface area contributed by atoms with Gasteiger partial charge in [0.1, 0.15) is 0 Å². The molecule has 0 N–H and O–H groups in total. The Morgan fingerprint density at radius 2 is 1.73 bits per heavy atom. The van der Waals surface area contributed by atoms with Gasteiger partial charge in [-0.2, -0.15) is 5.10 Å². The molecule has 0 aliphatic carbocycles. The molecule has 0 unspecified atom stereocenters. The third kappa shape index (κ3) is 3.95. The number of rotatable bonds is 4. The minimum absolute atomic E-state index is 0.336. The lowest BCUT2D eigenvalue weighted by molar-refractivity contribution is -0.0531. The van der Waals surface area contributed by atoms with Crippen LogP contribution in [0.5, 0.6) is 0 Å². The van der Waals surface area contributed by atoms with Gasteiger partial charge in [0.05, 0.1) is 5.71 Å². The quantitative estimate of drug-likeness (QED) is 0.342. The van der Waals surface area contributed by atoms with Crippen molar-refractivity contribution in [1.29, 1.82) is 0 Å². The molecule has 4 nitrogen and oxygen atoms in total. The van der Waals surface area contributed by atoms with Gasteiger partial charge in [-0.15, -0.1) is 0 Å². The van der Waals surface area contributed by atoms with E-state index in [1.165, 1.54) is 0 Å². The molecular formula is C7H16N2O2. The maximum absolute atomic E-state index is 4.98. The Bertz CT molecular complexity index is 130. The van der Waals surface area contributed by atoms with Gasteiger partial charge in [-0.25, -0.2) is 0 Å². The van der Waals surface area contributed by atoms with Crippen LogP contribution in [0.4, 0.5) is 0 Å². The Balaban J connectivity index is 4.07. The van der Waals surface area contributed by atoms with Crippen molar-refractivity contribution in [3.05, 3.63) is 0 Å². The standard InChI is InChI=1S/C7H16N2O2/c1-6(8-9(2)3)7(10-4)11-5/h7H,1-5H3/b8-6+. The minimum Gasteiger partial charge on any atom is -0.351 e. The van der Waals surface area contributed by atoms with E-state index in [0.717, 1.165) is 5.71 Å². The van der Waals surface area contributed by atoms with Crippen LogP contribution in [0.1, 0.15) is 6.92 Å². The summed E-state index contributed by atoms with van der Waals surface area (Å²) in [4.78, 5) is 0. The molecule has 0 aliphatic heterocycles. The van der Waals surface area contributed by atoms with E-state index in [4.69, 9.17) is 9.47 Å². The van der Waals surface area contributed by atoms with Gasteiger partial charge in [0.25, 0.3) is 0 Å².